The molecule has 0 amide bonds. The third kappa shape index (κ3) is 2.83. The quantitative estimate of drug-likeness (QED) is 0.780. The molecule has 0 aromatic heterocycles. The molecule has 4 heteroatoms. The van der Waals surface area contributed by atoms with Gasteiger partial charge in [0, 0.05) is 0 Å². The lowest BCUT2D eigenvalue weighted by Gasteiger charge is -2.11. The normalized spacial score (nSPS) is 10.4. The fraction of sp³-hybridized carbons (Fsp3) is 0.188. The molecule has 0 fully saturated rings. The number of hydrogen-bond acceptors (Lipinski definition) is 2. The van der Waals surface area contributed by atoms with E-state index in [0.717, 1.165) is 5.56 Å². The molecule has 0 atom stereocenters. The van der Waals surface area contributed by atoms with Crippen LogP contribution in [0.3, 0.4) is 0 Å². The van der Waals surface area contributed by atoms with Crippen LogP contribution in [0.15, 0.2) is 36.4 Å². The smallest absolute Gasteiger partial charge is 0.201 e. The summed E-state index contributed by atoms with van der Waals surface area (Å²) in [6.07, 6.45) is 0. The van der Waals surface area contributed by atoms with Gasteiger partial charge in [-0.2, -0.15) is 0 Å². The fourth-order valence-corrected chi connectivity index (χ4v) is 2.20. The van der Waals surface area contributed by atoms with Crippen LogP contribution in [0, 0.1) is 12.7 Å². The molecule has 0 spiro atoms. The van der Waals surface area contributed by atoms with Crippen molar-refractivity contribution in [3.8, 4) is 5.75 Å². The van der Waals surface area contributed by atoms with Crippen LogP contribution in [0.25, 0.3) is 0 Å². The molecule has 2 nitrogen and oxygen atoms in total. The van der Waals surface area contributed by atoms with E-state index >= 15 is 0 Å². The minimum Gasteiger partial charge on any atom is -0.493 e. The molecule has 2 aromatic rings. The number of ether oxygens (including phenoxy) is 1. The van der Waals surface area contributed by atoms with E-state index in [-0.39, 0.29) is 10.6 Å². The number of hydrogen-bond donors (Lipinski definition) is 0. The van der Waals surface area contributed by atoms with Crippen molar-refractivity contribution < 1.29 is 13.9 Å². The molecular formula is C16H14ClFO2. The summed E-state index contributed by atoms with van der Waals surface area (Å²) in [5.74, 6) is -0.672. The van der Waals surface area contributed by atoms with Gasteiger partial charge < -0.3 is 4.74 Å². The standard InChI is InChI=1S/C16H14ClFO2/c1-3-20-14-8-7-10(2)9-11(14)16(19)15-12(17)5-4-6-13(15)18/h4-9H,3H2,1-2H3. The van der Waals surface area contributed by atoms with Crippen LogP contribution < -0.4 is 4.74 Å². The maximum Gasteiger partial charge on any atom is 0.201 e. The summed E-state index contributed by atoms with van der Waals surface area (Å²) in [5.41, 5.74) is 1.09. The van der Waals surface area contributed by atoms with Gasteiger partial charge in [-0.15, -0.1) is 0 Å². The van der Waals surface area contributed by atoms with Crippen LogP contribution in [0.2, 0.25) is 5.02 Å². The average Bonchev–Trinajstić information content (AvgIpc) is 2.40. The van der Waals surface area contributed by atoms with Crippen molar-refractivity contribution in [3.05, 3.63) is 63.9 Å². The first-order valence-corrected chi connectivity index (χ1v) is 6.64. The summed E-state index contributed by atoms with van der Waals surface area (Å²) in [5, 5.41) is 0.0963. The first-order valence-electron chi connectivity index (χ1n) is 6.26. The van der Waals surface area contributed by atoms with Gasteiger partial charge in [0.1, 0.15) is 11.6 Å². The SMILES string of the molecule is CCOc1ccc(C)cc1C(=O)c1c(F)cccc1Cl. The average molecular weight is 293 g/mol. The highest BCUT2D eigenvalue weighted by Gasteiger charge is 2.21. The van der Waals surface area contributed by atoms with Crippen LogP contribution in [0.5, 0.6) is 5.75 Å². The van der Waals surface area contributed by atoms with Gasteiger partial charge in [-0.1, -0.05) is 29.3 Å². The molecule has 0 unspecified atom stereocenters. The molecule has 0 N–H and O–H groups in total. The number of carbonyl (C=O) groups is 1. The van der Waals surface area contributed by atoms with Gasteiger partial charge in [-0.25, -0.2) is 4.39 Å². The maximum absolute atomic E-state index is 13.9. The van der Waals surface area contributed by atoms with E-state index in [1.807, 2.05) is 19.9 Å². The van der Waals surface area contributed by atoms with Crippen LogP contribution >= 0.6 is 11.6 Å². The minimum absolute atomic E-state index is 0.0963. The molecule has 0 bridgehead atoms. The summed E-state index contributed by atoms with van der Waals surface area (Å²) in [4.78, 5) is 12.5. The second-order valence-electron chi connectivity index (χ2n) is 4.36. The van der Waals surface area contributed by atoms with Crippen molar-refractivity contribution in [2.45, 2.75) is 13.8 Å². The van der Waals surface area contributed by atoms with Gasteiger partial charge in [0.05, 0.1) is 22.8 Å². The fourth-order valence-electron chi connectivity index (χ4n) is 1.95. The van der Waals surface area contributed by atoms with E-state index < -0.39 is 11.6 Å². The molecular weight excluding hydrogens is 279 g/mol. The molecule has 20 heavy (non-hydrogen) atoms. The minimum atomic E-state index is -0.633. The van der Waals surface area contributed by atoms with Gasteiger partial charge in [0.15, 0.2) is 0 Å². The van der Waals surface area contributed by atoms with Gasteiger partial charge in [0.25, 0.3) is 0 Å². The molecule has 0 aliphatic carbocycles. The Bertz CT molecular complexity index is 633. The highest BCUT2D eigenvalue weighted by Crippen LogP contribution is 2.28. The highest BCUT2D eigenvalue weighted by atomic mass is 35.5. The van der Waals surface area contributed by atoms with Crippen LogP contribution in [0.4, 0.5) is 4.39 Å². The van der Waals surface area contributed by atoms with Crippen molar-refractivity contribution in [1.82, 2.24) is 0 Å². The van der Waals surface area contributed by atoms with Gasteiger partial charge in [-0.3, -0.25) is 4.79 Å². The molecule has 0 heterocycles. The largest absolute Gasteiger partial charge is 0.493 e. The third-order valence-electron chi connectivity index (χ3n) is 2.87. The van der Waals surface area contributed by atoms with Crippen molar-refractivity contribution in [2.24, 2.45) is 0 Å². The van der Waals surface area contributed by atoms with E-state index in [1.54, 1.807) is 12.1 Å². The van der Waals surface area contributed by atoms with E-state index in [4.69, 9.17) is 16.3 Å². The summed E-state index contributed by atoms with van der Waals surface area (Å²) >= 11 is 5.94. The van der Waals surface area contributed by atoms with E-state index in [1.165, 1.54) is 18.2 Å². The van der Waals surface area contributed by atoms with Crippen LogP contribution in [-0.2, 0) is 0 Å². The zero-order valence-electron chi connectivity index (χ0n) is 11.2. The predicted octanol–water partition coefficient (Wildman–Crippen LogP) is 4.42. The number of rotatable bonds is 4. The van der Waals surface area contributed by atoms with Gasteiger partial charge in [0.2, 0.25) is 5.78 Å². The van der Waals surface area contributed by atoms with E-state index in [2.05, 4.69) is 0 Å². The number of carbonyl (C=O) groups excluding carboxylic acids is 1. The Hall–Kier alpha value is -1.87. The second kappa shape index (κ2) is 6.06. The lowest BCUT2D eigenvalue weighted by atomic mass is 10.00. The zero-order valence-corrected chi connectivity index (χ0v) is 12.0. The lowest BCUT2D eigenvalue weighted by molar-refractivity contribution is 0.103. The molecule has 0 aliphatic rings. The van der Waals surface area contributed by atoms with Gasteiger partial charge in [-0.05, 0) is 38.1 Å². The molecule has 0 radical (unpaired) electrons. The second-order valence-corrected chi connectivity index (χ2v) is 4.77. The Morgan fingerprint density at radius 3 is 2.70 bits per heavy atom. The van der Waals surface area contributed by atoms with Crippen molar-refractivity contribution in [1.29, 1.82) is 0 Å². The van der Waals surface area contributed by atoms with Crippen molar-refractivity contribution in [2.75, 3.05) is 6.61 Å². The van der Waals surface area contributed by atoms with Crippen molar-refractivity contribution >= 4 is 17.4 Å². The topological polar surface area (TPSA) is 26.3 Å². The first kappa shape index (κ1) is 14.5. The van der Waals surface area contributed by atoms with Crippen molar-refractivity contribution in [3.63, 3.8) is 0 Å². The first-order chi connectivity index (χ1) is 9.54. The Labute approximate surface area is 122 Å². The monoisotopic (exact) mass is 292 g/mol. The summed E-state index contributed by atoms with van der Waals surface area (Å²) in [6.45, 7) is 4.11. The Morgan fingerprint density at radius 2 is 2.05 bits per heavy atom. The maximum atomic E-state index is 13.9. The molecule has 0 aliphatic heterocycles. The zero-order chi connectivity index (χ0) is 14.7. The highest BCUT2D eigenvalue weighted by molar-refractivity contribution is 6.35. The third-order valence-corrected chi connectivity index (χ3v) is 3.18. The summed E-state index contributed by atoms with van der Waals surface area (Å²) in [6, 6.07) is 9.40. The number of benzene rings is 2. The van der Waals surface area contributed by atoms with Gasteiger partial charge >= 0.3 is 0 Å². The predicted molar refractivity (Wildman–Crippen MR) is 77.2 cm³/mol. The Morgan fingerprint density at radius 1 is 1.30 bits per heavy atom. The summed E-state index contributed by atoms with van der Waals surface area (Å²) < 4.78 is 19.3. The van der Waals surface area contributed by atoms with E-state index in [9.17, 15) is 9.18 Å². The Kier molecular flexibility index (Phi) is 4.40. The molecule has 0 saturated heterocycles. The molecule has 2 aromatic carbocycles. The molecule has 0 saturated carbocycles. The number of ketones is 1. The number of halogens is 2. The van der Waals surface area contributed by atoms with E-state index in [0.29, 0.717) is 17.9 Å². The summed E-state index contributed by atoms with van der Waals surface area (Å²) in [7, 11) is 0. The van der Waals surface area contributed by atoms with Crippen LogP contribution in [0.1, 0.15) is 28.4 Å². The lowest BCUT2D eigenvalue weighted by Crippen LogP contribution is -2.08. The number of aryl methyl sites for hydroxylation is 1. The van der Waals surface area contributed by atoms with Crippen LogP contribution in [-0.4, -0.2) is 12.4 Å². The molecule has 2 rings (SSSR count). The molecule has 104 valence electrons. The Balaban J connectivity index is 2.56.